The van der Waals surface area contributed by atoms with Crippen LogP contribution in [0.1, 0.15) is 17.0 Å². The summed E-state index contributed by atoms with van der Waals surface area (Å²) < 4.78 is 1.93. The Bertz CT molecular complexity index is 496. The van der Waals surface area contributed by atoms with Gasteiger partial charge in [-0.05, 0) is 17.7 Å². The number of nitrogens with zero attached hydrogens (tertiary/aromatic N) is 3. The molecule has 0 amide bonds. The molecule has 1 aromatic heterocycles. The zero-order valence-corrected chi connectivity index (χ0v) is 9.32. The Morgan fingerprint density at radius 1 is 1.35 bits per heavy atom. The van der Waals surface area contributed by atoms with Gasteiger partial charge >= 0.3 is 0 Å². The van der Waals surface area contributed by atoms with Crippen LogP contribution in [0.25, 0.3) is 0 Å². The predicted molar refractivity (Wildman–Crippen MR) is 63.2 cm³/mol. The second kappa shape index (κ2) is 5.28. The van der Waals surface area contributed by atoms with Crippen molar-refractivity contribution in [2.75, 3.05) is 6.61 Å². The number of nitriles is 1. The Morgan fingerprint density at radius 3 is 2.65 bits per heavy atom. The molecule has 0 saturated carbocycles. The third-order valence-corrected chi connectivity index (χ3v) is 2.72. The van der Waals surface area contributed by atoms with Gasteiger partial charge in [0.1, 0.15) is 0 Å². The van der Waals surface area contributed by atoms with Gasteiger partial charge in [-0.1, -0.05) is 12.1 Å². The van der Waals surface area contributed by atoms with E-state index in [1.54, 1.807) is 24.7 Å². The first kappa shape index (κ1) is 11.4. The van der Waals surface area contributed by atoms with Crippen LogP contribution in [0, 0.1) is 11.3 Å². The van der Waals surface area contributed by atoms with E-state index in [1.807, 2.05) is 22.9 Å². The van der Waals surface area contributed by atoms with Crippen LogP contribution in [0.2, 0.25) is 0 Å². The van der Waals surface area contributed by atoms with Crippen LogP contribution in [-0.2, 0) is 6.54 Å². The molecule has 0 saturated heterocycles. The molecule has 0 bridgehead atoms. The summed E-state index contributed by atoms with van der Waals surface area (Å²) in [4.78, 5) is 3.97. The van der Waals surface area contributed by atoms with Gasteiger partial charge in [-0.15, -0.1) is 0 Å². The summed E-state index contributed by atoms with van der Waals surface area (Å²) in [5.74, 6) is 0.0249. The standard InChI is InChI=1S/C13H13N3O/c14-7-11-1-3-12(4-2-11)13(9-17)8-16-6-5-15-10-16/h1-6,10,13,17H,8-9H2. The third-order valence-electron chi connectivity index (χ3n) is 2.72. The van der Waals surface area contributed by atoms with E-state index in [9.17, 15) is 5.11 Å². The summed E-state index contributed by atoms with van der Waals surface area (Å²) in [6.45, 7) is 0.756. The van der Waals surface area contributed by atoms with E-state index in [4.69, 9.17) is 5.26 Å². The molecule has 0 spiro atoms. The number of rotatable bonds is 4. The molecule has 0 aliphatic carbocycles. The van der Waals surface area contributed by atoms with Crippen molar-refractivity contribution >= 4 is 0 Å². The first-order valence-corrected chi connectivity index (χ1v) is 5.40. The molecule has 1 atom stereocenters. The van der Waals surface area contributed by atoms with Crippen LogP contribution >= 0.6 is 0 Å². The van der Waals surface area contributed by atoms with Crippen molar-refractivity contribution in [3.63, 3.8) is 0 Å². The highest BCUT2D eigenvalue weighted by Gasteiger charge is 2.10. The summed E-state index contributed by atoms with van der Waals surface area (Å²) >= 11 is 0. The van der Waals surface area contributed by atoms with Crippen LogP contribution in [0.15, 0.2) is 43.0 Å². The second-order valence-corrected chi connectivity index (χ2v) is 3.87. The number of imidazole rings is 1. The van der Waals surface area contributed by atoms with Gasteiger partial charge in [-0.2, -0.15) is 5.26 Å². The molecule has 2 aromatic rings. The lowest BCUT2D eigenvalue weighted by Crippen LogP contribution is -2.11. The quantitative estimate of drug-likeness (QED) is 0.861. The zero-order valence-electron chi connectivity index (χ0n) is 9.32. The molecule has 2 rings (SSSR count). The number of benzene rings is 1. The molecule has 4 heteroatoms. The van der Waals surface area contributed by atoms with E-state index in [2.05, 4.69) is 11.1 Å². The van der Waals surface area contributed by atoms with E-state index < -0.39 is 0 Å². The molecule has 0 aliphatic heterocycles. The molecule has 86 valence electrons. The molecule has 1 aromatic carbocycles. The maximum Gasteiger partial charge on any atom is 0.0991 e. The van der Waals surface area contributed by atoms with E-state index in [0.717, 1.165) is 5.56 Å². The Hall–Kier alpha value is -2.12. The van der Waals surface area contributed by atoms with Crippen molar-refractivity contribution in [2.45, 2.75) is 12.5 Å². The Kier molecular flexibility index (Phi) is 3.53. The summed E-state index contributed by atoms with van der Waals surface area (Å²) in [7, 11) is 0. The summed E-state index contributed by atoms with van der Waals surface area (Å²) in [6.07, 6.45) is 5.31. The van der Waals surface area contributed by atoms with Crippen molar-refractivity contribution in [1.82, 2.24) is 9.55 Å². The van der Waals surface area contributed by atoms with Gasteiger partial charge in [-0.25, -0.2) is 4.98 Å². The Balaban J connectivity index is 2.14. The second-order valence-electron chi connectivity index (χ2n) is 3.87. The Morgan fingerprint density at radius 2 is 2.12 bits per heavy atom. The summed E-state index contributed by atoms with van der Waals surface area (Å²) in [5.41, 5.74) is 1.66. The predicted octanol–water partition coefficient (Wildman–Crippen LogP) is 1.53. The largest absolute Gasteiger partial charge is 0.396 e. The fraction of sp³-hybridized carbons (Fsp3) is 0.231. The minimum Gasteiger partial charge on any atom is -0.396 e. The van der Waals surface area contributed by atoms with Crippen molar-refractivity contribution in [1.29, 1.82) is 5.26 Å². The average molecular weight is 227 g/mol. The first-order valence-electron chi connectivity index (χ1n) is 5.40. The number of aliphatic hydroxyl groups is 1. The highest BCUT2D eigenvalue weighted by molar-refractivity contribution is 5.33. The van der Waals surface area contributed by atoms with Gasteiger partial charge < -0.3 is 9.67 Å². The van der Waals surface area contributed by atoms with Gasteiger partial charge in [0.05, 0.1) is 24.6 Å². The minimum absolute atomic E-state index is 0.0249. The molecule has 17 heavy (non-hydrogen) atoms. The smallest absolute Gasteiger partial charge is 0.0991 e. The fourth-order valence-corrected chi connectivity index (χ4v) is 1.75. The number of hydrogen-bond donors (Lipinski definition) is 1. The molecule has 1 N–H and O–H groups in total. The minimum atomic E-state index is 0.0249. The van der Waals surface area contributed by atoms with Gasteiger partial charge in [-0.3, -0.25) is 0 Å². The van der Waals surface area contributed by atoms with Gasteiger partial charge in [0.25, 0.3) is 0 Å². The zero-order chi connectivity index (χ0) is 12.1. The highest BCUT2D eigenvalue weighted by Crippen LogP contribution is 2.18. The van der Waals surface area contributed by atoms with Crippen LogP contribution in [0.4, 0.5) is 0 Å². The monoisotopic (exact) mass is 227 g/mol. The topological polar surface area (TPSA) is 61.8 Å². The molecule has 1 heterocycles. The van der Waals surface area contributed by atoms with Crippen LogP contribution < -0.4 is 0 Å². The van der Waals surface area contributed by atoms with E-state index in [0.29, 0.717) is 12.1 Å². The van der Waals surface area contributed by atoms with Crippen molar-refractivity contribution < 1.29 is 5.11 Å². The van der Waals surface area contributed by atoms with Crippen molar-refractivity contribution in [2.24, 2.45) is 0 Å². The van der Waals surface area contributed by atoms with Crippen LogP contribution in [-0.4, -0.2) is 21.3 Å². The third kappa shape index (κ3) is 2.71. The van der Waals surface area contributed by atoms with E-state index in [1.165, 1.54) is 0 Å². The van der Waals surface area contributed by atoms with Gasteiger partial charge in [0.2, 0.25) is 0 Å². The summed E-state index contributed by atoms with van der Waals surface area (Å²) in [6, 6.07) is 9.39. The number of aliphatic hydroxyl groups excluding tert-OH is 1. The van der Waals surface area contributed by atoms with Crippen LogP contribution in [0.5, 0.6) is 0 Å². The van der Waals surface area contributed by atoms with Gasteiger partial charge in [0, 0.05) is 24.9 Å². The molecule has 0 aliphatic rings. The average Bonchev–Trinajstić information content (AvgIpc) is 2.89. The Labute approximate surface area is 99.8 Å². The molecule has 0 fully saturated rings. The van der Waals surface area contributed by atoms with Crippen molar-refractivity contribution in [3.05, 3.63) is 54.1 Å². The normalized spacial score (nSPS) is 12.0. The fourth-order valence-electron chi connectivity index (χ4n) is 1.75. The maximum absolute atomic E-state index is 9.41. The number of hydrogen-bond acceptors (Lipinski definition) is 3. The van der Waals surface area contributed by atoms with Gasteiger partial charge in [0.15, 0.2) is 0 Å². The molecular weight excluding hydrogens is 214 g/mol. The lowest BCUT2D eigenvalue weighted by molar-refractivity contribution is 0.253. The first-order chi connectivity index (χ1) is 8.33. The number of aromatic nitrogens is 2. The lowest BCUT2D eigenvalue weighted by Gasteiger charge is -2.15. The molecule has 0 radical (unpaired) electrons. The van der Waals surface area contributed by atoms with E-state index in [-0.39, 0.29) is 12.5 Å². The molecular formula is C13H13N3O. The van der Waals surface area contributed by atoms with E-state index >= 15 is 0 Å². The highest BCUT2D eigenvalue weighted by atomic mass is 16.3. The van der Waals surface area contributed by atoms with Crippen LogP contribution in [0.3, 0.4) is 0 Å². The SMILES string of the molecule is N#Cc1ccc(C(CO)Cn2ccnc2)cc1. The lowest BCUT2D eigenvalue weighted by atomic mass is 9.99. The summed E-state index contributed by atoms with van der Waals surface area (Å²) in [5, 5.41) is 18.1. The maximum atomic E-state index is 9.41. The molecule has 4 nitrogen and oxygen atoms in total. The van der Waals surface area contributed by atoms with Crippen molar-refractivity contribution in [3.8, 4) is 6.07 Å². The molecule has 1 unspecified atom stereocenters.